The van der Waals surface area contributed by atoms with Gasteiger partial charge in [-0.3, -0.25) is 4.90 Å². The van der Waals surface area contributed by atoms with Gasteiger partial charge in [0.05, 0.1) is 16.5 Å². The lowest BCUT2D eigenvalue weighted by atomic mass is 10.0. The summed E-state index contributed by atoms with van der Waals surface area (Å²) in [6.45, 7) is 10.8. The SMILES string of the molecule is C=C1[C@H](COC)CN(C(=O)OC(C)(C)C)[C@@H]1c1ncc(I)[nH]1. The number of methoxy groups -OCH3 is 1. The average Bonchev–Trinajstić information content (AvgIpc) is 2.93. The Kier molecular flexibility index (Phi) is 5.16. The molecule has 0 saturated carbocycles. The average molecular weight is 419 g/mol. The van der Waals surface area contributed by atoms with Gasteiger partial charge in [0.1, 0.15) is 17.5 Å². The monoisotopic (exact) mass is 419 g/mol. The predicted molar refractivity (Wildman–Crippen MR) is 91.5 cm³/mol. The van der Waals surface area contributed by atoms with E-state index < -0.39 is 5.60 Å². The maximum atomic E-state index is 12.5. The van der Waals surface area contributed by atoms with Crippen LogP contribution < -0.4 is 0 Å². The van der Waals surface area contributed by atoms with Crippen LogP contribution in [0.2, 0.25) is 0 Å². The highest BCUT2D eigenvalue weighted by molar-refractivity contribution is 14.1. The Morgan fingerprint density at radius 2 is 2.27 bits per heavy atom. The molecule has 1 aliphatic heterocycles. The molecule has 2 rings (SSSR count). The fourth-order valence-electron chi connectivity index (χ4n) is 2.52. The van der Waals surface area contributed by atoms with Gasteiger partial charge in [-0.15, -0.1) is 0 Å². The van der Waals surface area contributed by atoms with Crippen molar-refractivity contribution in [2.24, 2.45) is 5.92 Å². The summed E-state index contributed by atoms with van der Waals surface area (Å²) in [6, 6.07) is -0.307. The molecular weight excluding hydrogens is 397 g/mol. The number of hydrogen-bond acceptors (Lipinski definition) is 4. The van der Waals surface area contributed by atoms with Crippen LogP contribution in [0.4, 0.5) is 4.79 Å². The van der Waals surface area contributed by atoms with Crippen LogP contribution in [0.5, 0.6) is 0 Å². The molecule has 1 aromatic heterocycles. The lowest BCUT2D eigenvalue weighted by molar-refractivity contribution is 0.0215. The largest absolute Gasteiger partial charge is 0.444 e. The number of aromatic amines is 1. The molecule has 7 heteroatoms. The Bertz CT molecular complexity index is 565. The first kappa shape index (κ1) is 17.3. The second-order valence-electron chi connectivity index (χ2n) is 6.38. The molecule has 6 nitrogen and oxygen atoms in total. The van der Waals surface area contributed by atoms with Crippen molar-refractivity contribution in [3.8, 4) is 0 Å². The second kappa shape index (κ2) is 6.57. The van der Waals surface area contributed by atoms with Gasteiger partial charge in [0.15, 0.2) is 0 Å². The zero-order valence-electron chi connectivity index (χ0n) is 13.4. The summed E-state index contributed by atoms with van der Waals surface area (Å²) in [5.74, 6) is 0.782. The Hall–Kier alpha value is -1.09. The number of nitrogens with zero attached hydrogens (tertiary/aromatic N) is 2. The summed E-state index contributed by atoms with van der Waals surface area (Å²) in [6.07, 6.45) is 1.38. The molecular formula is C15H22IN3O3. The van der Waals surface area contributed by atoms with Gasteiger partial charge < -0.3 is 14.5 Å². The summed E-state index contributed by atoms with van der Waals surface area (Å²) in [4.78, 5) is 21.7. The molecule has 0 unspecified atom stereocenters. The number of ether oxygens (including phenoxy) is 2. The zero-order valence-corrected chi connectivity index (χ0v) is 15.5. The Labute approximate surface area is 144 Å². The summed E-state index contributed by atoms with van der Waals surface area (Å²) >= 11 is 2.16. The molecule has 0 bridgehead atoms. The molecule has 122 valence electrons. The van der Waals surface area contributed by atoms with E-state index in [0.717, 1.165) is 9.27 Å². The van der Waals surface area contributed by atoms with Crippen molar-refractivity contribution in [3.63, 3.8) is 0 Å². The van der Waals surface area contributed by atoms with E-state index in [0.29, 0.717) is 19.0 Å². The minimum atomic E-state index is -0.542. The number of rotatable bonds is 3. The van der Waals surface area contributed by atoms with E-state index in [4.69, 9.17) is 9.47 Å². The van der Waals surface area contributed by atoms with Gasteiger partial charge >= 0.3 is 6.09 Å². The van der Waals surface area contributed by atoms with Crippen LogP contribution in [-0.2, 0) is 9.47 Å². The molecule has 1 aliphatic rings. The maximum absolute atomic E-state index is 12.5. The van der Waals surface area contributed by atoms with E-state index in [-0.39, 0.29) is 18.1 Å². The molecule has 1 aromatic rings. The number of carbonyl (C=O) groups excluding carboxylic acids is 1. The molecule has 22 heavy (non-hydrogen) atoms. The number of carbonyl (C=O) groups is 1. The topological polar surface area (TPSA) is 67.4 Å². The molecule has 1 N–H and O–H groups in total. The van der Waals surface area contributed by atoms with Gasteiger partial charge in [-0.25, -0.2) is 9.78 Å². The second-order valence-corrected chi connectivity index (χ2v) is 7.54. The highest BCUT2D eigenvalue weighted by atomic mass is 127. The van der Waals surface area contributed by atoms with E-state index in [1.54, 1.807) is 18.2 Å². The molecule has 0 aromatic carbocycles. The van der Waals surface area contributed by atoms with E-state index in [1.807, 2.05) is 20.8 Å². The minimum absolute atomic E-state index is 0.0743. The number of hydrogen-bond donors (Lipinski definition) is 1. The first-order valence-electron chi connectivity index (χ1n) is 7.10. The van der Waals surface area contributed by atoms with Gasteiger partial charge in [-0.05, 0) is 48.9 Å². The molecule has 0 spiro atoms. The Morgan fingerprint density at radius 3 is 2.77 bits per heavy atom. The van der Waals surface area contributed by atoms with Gasteiger partial charge in [-0.1, -0.05) is 6.58 Å². The summed E-state index contributed by atoms with van der Waals surface area (Å²) in [5, 5.41) is 0. The molecule has 2 atom stereocenters. The van der Waals surface area contributed by atoms with Crippen molar-refractivity contribution in [2.45, 2.75) is 32.4 Å². The fourth-order valence-corrected chi connectivity index (χ4v) is 2.94. The number of amides is 1. The predicted octanol–water partition coefficient (Wildman–Crippen LogP) is 3.12. The van der Waals surface area contributed by atoms with Crippen LogP contribution in [0.15, 0.2) is 18.3 Å². The number of likely N-dealkylation sites (tertiary alicyclic amines) is 1. The highest BCUT2D eigenvalue weighted by Gasteiger charge is 2.42. The molecule has 0 radical (unpaired) electrons. The third-order valence-electron chi connectivity index (χ3n) is 3.42. The van der Waals surface area contributed by atoms with Gasteiger partial charge in [0, 0.05) is 19.6 Å². The third kappa shape index (κ3) is 3.81. The normalized spacial score (nSPS) is 22.2. The van der Waals surface area contributed by atoms with Crippen LogP contribution in [0.3, 0.4) is 0 Å². The van der Waals surface area contributed by atoms with E-state index in [1.165, 1.54) is 0 Å². The lowest BCUT2D eigenvalue weighted by Gasteiger charge is -2.27. The quantitative estimate of drug-likeness (QED) is 0.604. The minimum Gasteiger partial charge on any atom is -0.444 e. The van der Waals surface area contributed by atoms with Crippen LogP contribution in [0.1, 0.15) is 32.6 Å². The number of imidazole rings is 1. The van der Waals surface area contributed by atoms with Crippen molar-refractivity contribution in [3.05, 3.63) is 27.9 Å². The highest BCUT2D eigenvalue weighted by Crippen LogP contribution is 2.39. The lowest BCUT2D eigenvalue weighted by Crippen LogP contribution is -2.37. The first-order chi connectivity index (χ1) is 10.2. The Balaban J connectivity index is 2.28. The van der Waals surface area contributed by atoms with Crippen molar-refractivity contribution < 1.29 is 14.3 Å². The van der Waals surface area contributed by atoms with E-state index in [9.17, 15) is 4.79 Å². The first-order valence-corrected chi connectivity index (χ1v) is 8.18. The fraction of sp³-hybridized carbons (Fsp3) is 0.600. The number of H-pyrrole nitrogens is 1. The number of aromatic nitrogens is 2. The summed E-state index contributed by atoms with van der Waals surface area (Å²) in [5.41, 5.74) is 0.373. The standard InChI is InChI=1S/C15H22IN3O3/c1-9-10(8-21-5)7-19(14(20)22-15(2,3)4)12(9)13-17-6-11(16)18-13/h6,10,12H,1,7-8H2,2-5H3,(H,17,18)/t10-,12-/m0/s1. The van der Waals surface area contributed by atoms with Gasteiger partial charge in [0.25, 0.3) is 0 Å². The van der Waals surface area contributed by atoms with Crippen LogP contribution in [0.25, 0.3) is 0 Å². The van der Waals surface area contributed by atoms with Gasteiger partial charge in [0.2, 0.25) is 0 Å². The van der Waals surface area contributed by atoms with E-state index in [2.05, 4.69) is 39.1 Å². The van der Waals surface area contributed by atoms with Gasteiger partial charge in [-0.2, -0.15) is 0 Å². The zero-order chi connectivity index (χ0) is 16.5. The molecule has 1 saturated heterocycles. The van der Waals surface area contributed by atoms with Crippen LogP contribution in [0, 0.1) is 9.62 Å². The molecule has 0 aliphatic carbocycles. The van der Waals surface area contributed by atoms with Crippen LogP contribution in [-0.4, -0.2) is 46.8 Å². The third-order valence-corrected chi connectivity index (χ3v) is 3.97. The number of halogens is 1. The molecule has 2 heterocycles. The smallest absolute Gasteiger partial charge is 0.411 e. The Morgan fingerprint density at radius 1 is 1.59 bits per heavy atom. The molecule has 1 fully saturated rings. The van der Waals surface area contributed by atoms with Crippen molar-refractivity contribution in [1.29, 1.82) is 0 Å². The summed E-state index contributed by atoms with van der Waals surface area (Å²) in [7, 11) is 1.65. The van der Waals surface area contributed by atoms with Crippen molar-refractivity contribution in [2.75, 3.05) is 20.3 Å². The summed E-state index contributed by atoms with van der Waals surface area (Å²) < 4.78 is 11.7. The van der Waals surface area contributed by atoms with Crippen molar-refractivity contribution in [1.82, 2.24) is 14.9 Å². The number of nitrogens with one attached hydrogen (secondary N) is 1. The maximum Gasteiger partial charge on any atom is 0.411 e. The van der Waals surface area contributed by atoms with Crippen LogP contribution >= 0.6 is 22.6 Å². The molecule has 1 amide bonds. The van der Waals surface area contributed by atoms with E-state index >= 15 is 0 Å². The van der Waals surface area contributed by atoms with Crippen molar-refractivity contribution >= 4 is 28.7 Å².